The van der Waals surface area contributed by atoms with Crippen molar-refractivity contribution in [3.05, 3.63) is 40.4 Å². The zero-order valence-electron chi connectivity index (χ0n) is 8.20. The van der Waals surface area contributed by atoms with Gasteiger partial charge in [0, 0.05) is 16.8 Å². The molecule has 0 fully saturated rings. The third-order valence-corrected chi connectivity index (χ3v) is 2.87. The highest BCUT2D eigenvalue weighted by molar-refractivity contribution is 9.10. The zero-order chi connectivity index (χ0) is 11.5. The van der Waals surface area contributed by atoms with Crippen LogP contribution >= 0.6 is 27.5 Å². The smallest absolute Gasteiger partial charge is 0.124 e. The van der Waals surface area contributed by atoms with E-state index in [0.29, 0.717) is 16.8 Å². The predicted octanol–water partition coefficient (Wildman–Crippen LogP) is 2.95. The first-order valence-corrected chi connectivity index (χ1v) is 5.96. The summed E-state index contributed by atoms with van der Waals surface area (Å²) in [6.07, 6.45) is 2.45. The predicted molar refractivity (Wildman–Crippen MR) is 63.4 cm³/mol. The normalized spacial score (nSPS) is 10.7. The van der Waals surface area contributed by atoms with Crippen molar-refractivity contribution in [2.24, 2.45) is 0 Å². The number of alkyl halides is 1. The van der Waals surface area contributed by atoms with Crippen LogP contribution < -0.4 is 0 Å². The first-order chi connectivity index (χ1) is 7.70. The molecule has 0 aliphatic carbocycles. The molecule has 0 saturated carbocycles. The molecule has 2 aromatic rings. The van der Waals surface area contributed by atoms with Crippen LogP contribution in [0.25, 0.3) is 5.69 Å². The molecule has 3 nitrogen and oxygen atoms in total. The van der Waals surface area contributed by atoms with Gasteiger partial charge >= 0.3 is 0 Å². The van der Waals surface area contributed by atoms with Crippen LogP contribution in [0.5, 0.6) is 0 Å². The van der Waals surface area contributed by atoms with E-state index in [2.05, 4.69) is 26.2 Å². The van der Waals surface area contributed by atoms with E-state index in [0.717, 1.165) is 11.4 Å². The maximum absolute atomic E-state index is 12.9. The number of rotatable bonds is 3. The van der Waals surface area contributed by atoms with Crippen molar-refractivity contribution in [2.75, 3.05) is 5.88 Å². The van der Waals surface area contributed by atoms with Crippen molar-refractivity contribution in [2.45, 2.75) is 6.42 Å². The standard InChI is InChI=1S/C10H8BrClFN3/c11-9-5-7(13)1-2-10(9)16-6-8(3-4-12)14-15-16/h1-2,5-6H,3-4H2. The van der Waals surface area contributed by atoms with Crippen LogP contribution in [0.3, 0.4) is 0 Å². The molecule has 1 aromatic carbocycles. The van der Waals surface area contributed by atoms with E-state index in [-0.39, 0.29) is 5.82 Å². The maximum atomic E-state index is 12.9. The van der Waals surface area contributed by atoms with Crippen molar-refractivity contribution >= 4 is 27.5 Å². The number of hydrogen-bond acceptors (Lipinski definition) is 2. The van der Waals surface area contributed by atoms with Gasteiger partial charge in [-0.2, -0.15) is 0 Å². The zero-order valence-corrected chi connectivity index (χ0v) is 10.5. The monoisotopic (exact) mass is 303 g/mol. The van der Waals surface area contributed by atoms with Crippen molar-refractivity contribution in [3.8, 4) is 5.69 Å². The second-order valence-corrected chi connectivity index (χ2v) is 4.42. The molecule has 1 heterocycles. The van der Waals surface area contributed by atoms with Crippen molar-refractivity contribution < 1.29 is 4.39 Å². The quantitative estimate of drug-likeness (QED) is 0.816. The minimum absolute atomic E-state index is 0.295. The van der Waals surface area contributed by atoms with Crippen LogP contribution in [-0.2, 0) is 6.42 Å². The fourth-order valence-corrected chi connectivity index (χ4v) is 2.02. The van der Waals surface area contributed by atoms with Gasteiger partial charge in [0.25, 0.3) is 0 Å². The average molecular weight is 305 g/mol. The van der Waals surface area contributed by atoms with Crippen molar-refractivity contribution in [1.82, 2.24) is 15.0 Å². The Morgan fingerprint density at radius 3 is 2.94 bits per heavy atom. The molecular formula is C10H8BrClFN3. The Hall–Kier alpha value is -0.940. The number of benzene rings is 1. The summed E-state index contributed by atoms with van der Waals surface area (Å²) in [5.41, 5.74) is 1.56. The van der Waals surface area contributed by atoms with Crippen LogP contribution in [0.1, 0.15) is 5.69 Å². The van der Waals surface area contributed by atoms with E-state index in [9.17, 15) is 4.39 Å². The molecule has 0 amide bonds. The summed E-state index contributed by atoms with van der Waals surface area (Å²) in [4.78, 5) is 0. The van der Waals surface area contributed by atoms with Crippen LogP contribution in [0, 0.1) is 5.82 Å². The molecule has 6 heteroatoms. The Morgan fingerprint density at radius 2 is 2.25 bits per heavy atom. The molecule has 0 spiro atoms. The molecule has 1 aromatic heterocycles. The van der Waals surface area contributed by atoms with Crippen molar-refractivity contribution in [3.63, 3.8) is 0 Å². The van der Waals surface area contributed by atoms with Gasteiger partial charge in [-0.1, -0.05) is 5.21 Å². The Morgan fingerprint density at radius 1 is 1.44 bits per heavy atom. The Balaban J connectivity index is 2.35. The van der Waals surface area contributed by atoms with Gasteiger partial charge in [0.1, 0.15) is 5.82 Å². The van der Waals surface area contributed by atoms with Gasteiger partial charge in [0.05, 0.1) is 17.6 Å². The van der Waals surface area contributed by atoms with Crippen LogP contribution in [-0.4, -0.2) is 20.9 Å². The van der Waals surface area contributed by atoms with E-state index in [1.807, 2.05) is 0 Å². The number of nitrogens with zero attached hydrogens (tertiary/aromatic N) is 3. The first-order valence-electron chi connectivity index (χ1n) is 4.63. The van der Waals surface area contributed by atoms with Crippen LogP contribution in [0.15, 0.2) is 28.9 Å². The largest absolute Gasteiger partial charge is 0.219 e. The van der Waals surface area contributed by atoms with Gasteiger partial charge in [0.15, 0.2) is 0 Å². The third-order valence-electron chi connectivity index (χ3n) is 2.05. The highest BCUT2D eigenvalue weighted by Crippen LogP contribution is 2.21. The summed E-state index contributed by atoms with van der Waals surface area (Å²) in [6, 6.07) is 4.40. The highest BCUT2D eigenvalue weighted by Gasteiger charge is 2.06. The van der Waals surface area contributed by atoms with E-state index < -0.39 is 0 Å². The Bertz CT molecular complexity index is 501. The summed E-state index contributed by atoms with van der Waals surface area (Å²) in [7, 11) is 0. The minimum atomic E-state index is -0.295. The van der Waals surface area contributed by atoms with Gasteiger partial charge in [-0.15, -0.1) is 16.7 Å². The fourth-order valence-electron chi connectivity index (χ4n) is 1.29. The molecular weight excluding hydrogens is 296 g/mol. The summed E-state index contributed by atoms with van der Waals surface area (Å²) in [6.45, 7) is 0. The summed E-state index contributed by atoms with van der Waals surface area (Å²) in [5.74, 6) is 0.209. The van der Waals surface area contributed by atoms with Crippen LogP contribution in [0.4, 0.5) is 4.39 Å². The Kier molecular flexibility index (Phi) is 3.56. The summed E-state index contributed by atoms with van der Waals surface area (Å²) in [5, 5.41) is 7.91. The van der Waals surface area contributed by atoms with Gasteiger partial charge in [-0.25, -0.2) is 9.07 Å². The molecule has 0 saturated heterocycles. The van der Waals surface area contributed by atoms with Crippen molar-refractivity contribution in [1.29, 1.82) is 0 Å². The molecule has 2 rings (SSSR count). The molecule has 0 aliphatic heterocycles. The second kappa shape index (κ2) is 4.93. The Labute approximate surface area is 105 Å². The lowest BCUT2D eigenvalue weighted by atomic mass is 10.3. The summed E-state index contributed by atoms with van der Waals surface area (Å²) >= 11 is 8.88. The maximum Gasteiger partial charge on any atom is 0.124 e. The molecule has 16 heavy (non-hydrogen) atoms. The fraction of sp³-hybridized carbons (Fsp3) is 0.200. The first kappa shape index (κ1) is 11.5. The minimum Gasteiger partial charge on any atom is -0.219 e. The lowest BCUT2D eigenvalue weighted by molar-refractivity contribution is 0.625. The average Bonchev–Trinajstić information content (AvgIpc) is 2.67. The lowest BCUT2D eigenvalue weighted by Crippen LogP contribution is -1.96. The molecule has 0 bridgehead atoms. The molecule has 0 unspecified atom stereocenters. The number of aromatic nitrogens is 3. The molecule has 0 atom stereocenters. The SMILES string of the molecule is Fc1ccc(-n2cc(CCCl)nn2)c(Br)c1. The van der Waals surface area contributed by atoms with Gasteiger partial charge < -0.3 is 0 Å². The van der Waals surface area contributed by atoms with E-state index in [1.165, 1.54) is 12.1 Å². The van der Waals surface area contributed by atoms with Gasteiger partial charge in [-0.05, 0) is 34.1 Å². The van der Waals surface area contributed by atoms with E-state index >= 15 is 0 Å². The van der Waals surface area contributed by atoms with E-state index in [1.54, 1.807) is 16.9 Å². The lowest BCUT2D eigenvalue weighted by Gasteiger charge is -2.02. The summed E-state index contributed by atoms with van der Waals surface area (Å²) < 4.78 is 15.1. The number of hydrogen-bond donors (Lipinski definition) is 0. The number of aryl methyl sites for hydroxylation is 1. The number of halogens is 3. The van der Waals surface area contributed by atoms with Gasteiger partial charge in [0.2, 0.25) is 0 Å². The topological polar surface area (TPSA) is 30.7 Å². The third kappa shape index (κ3) is 2.41. The molecule has 0 aliphatic rings. The van der Waals surface area contributed by atoms with Crippen LogP contribution in [0.2, 0.25) is 0 Å². The van der Waals surface area contributed by atoms with E-state index in [4.69, 9.17) is 11.6 Å². The molecule has 84 valence electrons. The molecule has 0 radical (unpaired) electrons. The second-order valence-electron chi connectivity index (χ2n) is 3.19. The molecule has 0 N–H and O–H groups in total. The van der Waals surface area contributed by atoms with Gasteiger partial charge in [-0.3, -0.25) is 0 Å². The highest BCUT2D eigenvalue weighted by atomic mass is 79.9.